The smallest absolute Gasteiger partial charge is 0.0872 e. The number of unbranched alkanes of at least 4 members (excludes halogenated alkanes) is 7. The van der Waals surface area contributed by atoms with E-state index in [0.717, 1.165) is 6.04 Å². The molecule has 0 saturated carbocycles. The van der Waals surface area contributed by atoms with E-state index < -0.39 is 0 Å². The lowest BCUT2D eigenvalue weighted by atomic mass is 9.99. The predicted molar refractivity (Wildman–Crippen MR) is 86.2 cm³/mol. The largest absolute Gasteiger partial charge is 0.512 e. The van der Waals surface area contributed by atoms with Crippen LogP contribution in [0.15, 0.2) is 0 Å². The van der Waals surface area contributed by atoms with E-state index in [4.69, 9.17) is 11.8 Å². The maximum Gasteiger partial charge on any atom is 0.0872 e. The monoisotopic (exact) mass is 280 g/mol. The van der Waals surface area contributed by atoms with Crippen LogP contribution in [-0.4, -0.2) is 19.1 Å². The van der Waals surface area contributed by atoms with Gasteiger partial charge in [0.25, 0.3) is 0 Å². The van der Waals surface area contributed by atoms with E-state index in [-0.39, 0.29) is 0 Å². The Bertz CT molecular complexity index is 213. The quantitative estimate of drug-likeness (QED) is 0.474. The highest BCUT2D eigenvalue weighted by Gasteiger charge is 2.23. The molecule has 2 heteroatoms. The van der Waals surface area contributed by atoms with Gasteiger partial charge in [-0.3, -0.25) is 0 Å². The Balaban J connectivity index is 0.00000172. The minimum absolute atomic E-state index is 0.989. The second-order valence-corrected chi connectivity index (χ2v) is 6.23. The maximum atomic E-state index is 6.25. The first kappa shape index (κ1) is 19.4. The Hall–Kier alpha value is -0.550. The second-order valence-electron chi connectivity index (χ2n) is 6.23. The molecule has 1 N–H and O–H groups in total. The summed E-state index contributed by atoms with van der Waals surface area (Å²) in [4.78, 5) is 1.93. The molecule has 0 bridgehead atoms. The summed E-state index contributed by atoms with van der Waals surface area (Å²) >= 11 is 0. The highest BCUT2D eigenvalue weighted by Crippen LogP contribution is 2.09. The zero-order valence-corrected chi connectivity index (χ0v) is 13.9. The molecule has 0 aromatic carbocycles. The number of rotatable bonds is 10. The molecule has 20 heavy (non-hydrogen) atoms. The summed E-state index contributed by atoms with van der Waals surface area (Å²) in [5.74, 6) is 0. The number of hydrogen-bond acceptors (Lipinski definition) is 1. The molecular weight excluding hydrogens is 244 g/mol. The fourth-order valence-electron chi connectivity index (χ4n) is 3.46. The van der Waals surface area contributed by atoms with Crippen LogP contribution >= 0.6 is 0 Å². The van der Waals surface area contributed by atoms with E-state index in [1.54, 1.807) is 0 Å². The summed E-state index contributed by atoms with van der Waals surface area (Å²) < 4.78 is 0. The summed E-state index contributed by atoms with van der Waals surface area (Å²) in [6.45, 7) is 12.3. The third kappa shape index (κ3) is 9.37. The zero-order valence-electron chi connectivity index (χ0n) is 13.9. The summed E-state index contributed by atoms with van der Waals surface area (Å²) in [6.07, 6.45) is 17.5. The summed E-state index contributed by atoms with van der Waals surface area (Å²) in [7, 11) is 0. The van der Waals surface area contributed by atoms with Crippen molar-refractivity contribution >= 4 is 0 Å². The molecule has 0 aromatic heterocycles. The fraction of sp³-hybridized carbons (Fsp3) is 0.944. The molecule has 1 saturated heterocycles. The average Bonchev–Trinajstić information content (AvgIpc) is 2.52. The van der Waals surface area contributed by atoms with Gasteiger partial charge in [0.1, 0.15) is 0 Å². The van der Waals surface area contributed by atoms with Gasteiger partial charge in [0.15, 0.2) is 0 Å². The van der Waals surface area contributed by atoms with Crippen molar-refractivity contribution in [3.8, 4) is 0 Å². The molecule has 1 aliphatic rings. The van der Waals surface area contributed by atoms with Gasteiger partial charge >= 0.3 is 0 Å². The minimum Gasteiger partial charge on any atom is -0.512 e. The van der Waals surface area contributed by atoms with Crippen LogP contribution in [0.2, 0.25) is 0 Å². The molecule has 1 rings (SSSR count). The molecular formula is C18H36N2. The Morgan fingerprint density at radius 1 is 0.900 bits per heavy atom. The van der Waals surface area contributed by atoms with Gasteiger partial charge in [0.2, 0.25) is 0 Å². The molecule has 0 aliphatic carbocycles. The van der Waals surface area contributed by atoms with Crippen molar-refractivity contribution in [1.29, 1.82) is 5.26 Å². The second kappa shape index (κ2) is 14.9. The van der Waals surface area contributed by atoms with Crippen molar-refractivity contribution in [3.05, 3.63) is 6.57 Å². The molecule has 1 heterocycles. The Morgan fingerprint density at radius 3 is 2.10 bits per heavy atom. The van der Waals surface area contributed by atoms with Crippen molar-refractivity contribution in [2.75, 3.05) is 13.1 Å². The summed E-state index contributed by atoms with van der Waals surface area (Å²) in [5.41, 5.74) is 0. The SMILES string of the molecule is CCCCCCCCCC[NH+]1CCCCC1CC.[C-]#N. The van der Waals surface area contributed by atoms with Gasteiger partial charge in [-0.15, -0.1) is 0 Å². The lowest BCUT2D eigenvalue weighted by Gasteiger charge is -2.32. The van der Waals surface area contributed by atoms with Crippen LogP contribution in [0.25, 0.3) is 0 Å². The average molecular weight is 280 g/mol. The lowest BCUT2D eigenvalue weighted by Crippen LogP contribution is -3.16. The Morgan fingerprint density at radius 2 is 1.50 bits per heavy atom. The van der Waals surface area contributed by atoms with Crippen molar-refractivity contribution in [2.45, 2.75) is 96.9 Å². The van der Waals surface area contributed by atoms with E-state index in [2.05, 4.69) is 13.8 Å². The Kier molecular flexibility index (Phi) is 14.4. The normalized spacial score (nSPS) is 22.0. The molecule has 1 aliphatic heterocycles. The molecule has 118 valence electrons. The molecule has 0 spiro atoms. The molecule has 2 unspecified atom stereocenters. The van der Waals surface area contributed by atoms with Gasteiger partial charge < -0.3 is 16.7 Å². The molecule has 0 aromatic rings. The lowest BCUT2D eigenvalue weighted by molar-refractivity contribution is -0.931. The van der Waals surface area contributed by atoms with Gasteiger partial charge in [-0.05, 0) is 38.5 Å². The molecule has 0 radical (unpaired) electrons. The van der Waals surface area contributed by atoms with Gasteiger partial charge in [0, 0.05) is 0 Å². The highest BCUT2D eigenvalue weighted by atomic mass is 15.2. The number of hydrogen-bond donors (Lipinski definition) is 1. The molecule has 2 atom stereocenters. The van der Waals surface area contributed by atoms with Crippen LogP contribution in [-0.2, 0) is 0 Å². The highest BCUT2D eigenvalue weighted by molar-refractivity contribution is 4.59. The van der Waals surface area contributed by atoms with Crippen LogP contribution in [0.4, 0.5) is 0 Å². The van der Waals surface area contributed by atoms with Gasteiger partial charge in [0.05, 0.1) is 19.1 Å². The number of likely N-dealkylation sites (tertiary alicyclic amines) is 1. The third-order valence-corrected chi connectivity index (χ3v) is 4.72. The van der Waals surface area contributed by atoms with Crippen LogP contribution < -0.4 is 4.90 Å². The fourth-order valence-corrected chi connectivity index (χ4v) is 3.46. The van der Waals surface area contributed by atoms with Crippen molar-refractivity contribution < 1.29 is 4.90 Å². The standard InChI is InChI=1S/C17H35N.CN/c1-3-5-6-7-8-9-10-12-15-18-16-13-11-14-17(18)4-2;1-2/h17H,3-16H2,1-2H3;/q;-1/p+1. The topological polar surface area (TPSA) is 28.2 Å². The number of piperidine rings is 1. The van der Waals surface area contributed by atoms with E-state index in [0.29, 0.717) is 0 Å². The first-order chi connectivity index (χ1) is 9.88. The number of quaternary nitrogens is 1. The van der Waals surface area contributed by atoms with E-state index in [1.807, 2.05) is 4.90 Å². The van der Waals surface area contributed by atoms with E-state index in [9.17, 15) is 0 Å². The molecule has 0 amide bonds. The van der Waals surface area contributed by atoms with Gasteiger partial charge in [-0.25, -0.2) is 0 Å². The molecule has 2 nitrogen and oxygen atoms in total. The maximum absolute atomic E-state index is 6.25. The first-order valence-corrected chi connectivity index (χ1v) is 8.95. The van der Waals surface area contributed by atoms with Crippen molar-refractivity contribution in [2.24, 2.45) is 0 Å². The first-order valence-electron chi connectivity index (χ1n) is 8.95. The van der Waals surface area contributed by atoms with Gasteiger partial charge in [-0.2, -0.15) is 0 Å². The third-order valence-electron chi connectivity index (χ3n) is 4.72. The number of nitrogens with one attached hydrogen (secondary N) is 1. The summed E-state index contributed by atoms with van der Waals surface area (Å²) in [6, 6.07) is 0.989. The van der Waals surface area contributed by atoms with Crippen LogP contribution in [0.5, 0.6) is 0 Å². The predicted octanol–water partition coefficient (Wildman–Crippen LogP) is 4.07. The zero-order chi connectivity index (χ0) is 15.1. The molecule has 1 fully saturated rings. The van der Waals surface area contributed by atoms with Crippen LogP contribution in [0.3, 0.4) is 0 Å². The minimum atomic E-state index is 0.989. The summed E-state index contributed by atoms with van der Waals surface area (Å²) in [5, 5.41) is 6.25. The van der Waals surface area contributed by atoms with Crippen LogP contribution in [0, 0.1) is 11.8 Å². The van der Waals surface area contributed by atoms with Crippen molar-refractivity contribution in [3.63, 3.8) is 0 Å². The van der Waals surface area contributed by atoms with E-state index >= 15 is 0 Å². The van der Waals surface area contributed by atoms with Gasteiger partial charge in [-0.1, -0.05) is 52.4 Å². The Labute approximate surface area is 127 Å². The van der Waals surface area contributed by atoms with E-state index in [1.165, 1.54) is 90.1 Å². The number of nitrogens with zero attached hydrogens (tertiary/aromatic N) is 1. The van der Waals surface area contributed by atoms with Crippen molar-refractivity contribution in [1.82, 2.24) is 0 Å². The van der Waals surface area contributed by atoms with Crippen LogP contribution in [0.1, 0.15) is 90.9 Å².